The number of aromatic nitrogens is 4. The molecule has 1 aromatic heterocycles. The maximum Gasteiger partial charge on any atom is 0.149 e. The Hall–Kier alpha value is -2.49. The zero-order valence-corrected chi connectivity index (χ0v) is 10.6. The van der Waals surface area contributed by atoms with Crippen LogP contribution in [0.15, 0.2) is 60.7 Å². The summed E-state index contributed by atoms with van der Waals surface area (Å²) in [6, 6.07) is 20.6. The highest BCUT2D eigenvalue weighted by molar-refractivity contribution is 5.32. The van der Waals surface area contributed by atoms with Gasteiger partial charge in [-0.3, -0.25) is 0 Å². The first-order chi connectivity index (χ1) is 9.36. The smallest absolute Gasteiger partial charge is 0.149 e. The number of rotatable bonds is 3. The number of nitrogens with zero attached hydrogens (tertiary/aromatic N) is 4. The molecule has 0 radical (unpaired) electrons. The van der Waals surface area contributed by atoms with E-state index in [1.54, 1.807) is 0 Å². The number of benzene rings is 2. The average molecular weight is 250 g/mol. The molecule has 3 rings (SSSR count). The Bertz CT molecular complexity index is 607. The summed E-state index contributed by atoms with van der Waals surface area (Å²) in [5.41, 5.74) is 2.34. The molecule has 0 aliphatic carbocycles. The first kappa shape index (κ1) is 11.6. The highest BCUT2D eigenvalue weighted by Gasteiger charge is 2.19. The van der Waals surface area contributed by atoms with Crippen molar-refractivity contribution in [3.63, 3.8) is 0 Å². The van der Waals surface area contributed by atoms with Crippen molar-refractivity contribution in [2.24, 2.45) is 0 Å². The topological polar surface area (TPSA) is 43.6 Å². The van der Waals surface area contributed by atoms with Crippen LogP contribution < -0.4 is 0 Å². The van der Waals surface area contributed by atoms with Gasteiger partial charge in [0.15, 0.2) is 0 Å². The van der Waals surface area contributed by atoms with Crippen molar-refractivity contribution in [1.82, 2.24) is 20.2 Å². The summed E-state index contributed by atoms with van der Waals surface area (Å²) in [5.74, 6) is 0.803. The van der Waals surface area contributed by atoms with E-state index in [1.165, 1.54) is 11.1 Å². The number of hydrogen-bond donors (Lipinski definition) is 0. The molecule has 94 valence electrons. The number of tetrazole rings is 1. The lowest BCUT2D eigenvalue weighted by Gasteiger charge is -2.18. The van der Waals surface area contributed by atoms with Gasteiger partial charge in [0.05, 0.1) is 0 Å². The molecule has 2 aromatic carbocycles. The molecule has 0 saturated heterocycles. The third-order valence-electron chi connectivity index (χ3n) is 3.13. The zero-order chi connectivity index (χ0) is 13.1. The van der Waals surface area contributed by atoms with Gasteiger partial charge in [0, 0.05) is 0 Å². The van der Waals surface area contributed by atoms with Crippen LogP contribution in [0.5, 0.6) is 0 Å². The quantitative estimate of drug-likeness (QED) is 0.717. The molecule has 0 saturated carbocycles. The monoisotopic (exact) mass is 250 g/mol. The van der Waals surface area contributed by atoms with E-state index in [4.69, 9.17) is 0 Å². The standard InChI is InChI=1S/C15H14N4/c1-12-16-17-18-19(12)15(13-8-4-2-5-9-13)14-10-6-3-7-11-14/h2-11,15H,1H3. The molecule has 0 atom stereocenters. The van der Waals surface area contributed by atoms with Gasteiger partial charge in [0.25, 0.3) is 0 Å². The summed E-state index contributed by atoms with van der Waals surface area (Å²) >= 11 is 0. The molecule has 0 N–H and O–H groups in total. The van der Waals surface area contributed by atoms with Crippen LogP contribution in [-0.2, 0) is 0 Å². The SMILES string of the molecule is Cc1nnnn1C(c1ccccc1)c1ccccc1. The van der Waals surface area contributed by atoms with Crippen LogP contribution in [-0.4, -0.2) is 20.2 Å². The molecule has 0 aliphatic heterocycles. The second-order valence-corrected chi connectivity index (χ2v) is 4.39. The average Bonchev–Trinajstić information content (AvgIpc) is 2.88. The summed E-state index contributed by atoms with van der Waals surface area (Å²) in [4.78, 5) is 0. The number of hydrogen-bond acceptors (Lipinski definition) is 3. The lowest BCUT2D eigenvalue weighted by molar-refractivity contribution is 0.557. The van der Waals surface area contributed by atoms with Crippen LogP contribution >= 0.6 is 0 Å². The minimum atomic E-state index is 0.0115. The van der Waals surface area contributed by atoms with Crippen LogP contribution in [0.1, 0.15) is 23.0 Å². The van der Waals surface area contributed by atoms with Gasteiger partial charge in [-0.25, -0.2) is 4.68 Å². The van der Waals surface area contributed by atoms with E-state index in [0.717, 1.165) is 5.82 Å². The molecule has 0 aliphatic rings. The van der Waals surface area contributed by atoms with Crippen molar-refractivity contribution < 1.29 is 0 Å². The van der Waals surface area contributed by atoms with E-state index in [9.17, 15) is 0 Å². The van der Waals surface area contributed by atoms with Gasteiger partial charge in [-0.1, -0.05) is 60.7 Å². The minimum absolute atomic E-state index is 0.0115. The molecule has 0 fully saturated rings. The zero-order valence-electron chi connectivity index (χ0n) is 10.6. The van der Waals surface area contributed by atoms with Crippen molar-refractivity contribution in [2.75, 3.05) is 0 Å². The van der Waals surface area contributed by atoms with Crippen molar-refractivity contribution in [3.05, 3.63) is 77.6 Å². The Labute approximate surface area is 111 Å². The third kappa shape index (κ3) is 2.25. The second kappa shape index (κ2) is 5.02. The fourth-order valence-electron chi connectivity index (χ4n) is 2.22. The normalized spacial score (nSPS) is 10.8. The Kier molecular flexibility index (Phi) is 3.06. The fourth-order valence-corrected chi connectivity index (χ4v) is 2.22. The van der Waals surface area contributed by atoms with Crippen molar-refractivity contribution in [2.45, 2.75) is 13.0 Å². The molecule has 4 nitrogen and oxygen atoms in total. The van der Waals surface area contributed by atoms with Gasteiger partial charge in [0.1, 0.15) is 11.9 Å². The Morgan fingerprint density at radius 3 is 1.79 bits per heavy atom. The minimum Gasteiger partial charge on any atom is -0.218 e. The molecule has 19 heavy (non-hydrogen) atoms. The third-order valence-corrected chi connectivity index (χ3v) is 3.13. The van der Waals surface area contributed by atoms with E-state index in [0.29, 0.717) is 0 Å². The van der Waals surface area contributed by atoms with E-state index in [2.05, 4.69) is 39.8 Å². The molecule has 0 bridgehead atoms. The first-order valence-corrected chi connectivity index (χ1v) is 6.20. The Morgan fingerprint density at radius 2 is 1.37 bits per heavy atom. The van der Waals surface area contributed by atoms with E-state index in [1.807, 2.05) is 48.0 Å². The van der Waals surface area contributed by atoms with Gasteiger partial charge in [-0.05, 0) is 28.5 Å². The van der Waals surface area contributed by atoms with Crippen molar-refractivity contribution in [3.8, 4) is 0 Å². The molecule has 0 amide bonds. The molecule has 0 unspecified atom stereocenters. The molecule has 4 heteroatoms. The van der Waals surface area contributed by atoms with Gasteiger partial charge >= 0.3 is 0 Å². The van der Waals surface area contributed by atoms with E-state index in [-0.39, 0.29) is 6.04 Å². The number of aryl methyl sites for hydroxylation is 1. The maximum absolute atomic E-state index is 4.12. The lowest BCUT2D eigenvalue weighted by Crippen LogP contribution is -2.15. The van der Waals surface area contributed by atoms with Gasteiger partial charge in [-0.2, -0.15) is 0 Å². The second-order valence-electron chi connectivity index (χ2n) is 4.39. The largest absolute Gasteiger partial charge is 0.218 e. The van der Waals surface area contributed by atoms with Crippen molar-refractivity contribution >= 4 is 0 Å². The summed E-state index contributed by atoms with van der Waals surface area (Å²) in [6.07, 6.45) is 0. The fraction of sp³-hybridized carbons (Fsp3) is 0.133. The summed E-state index contributed by atoms with van der Waals surface area (Å²) in [6.45, 7) is 1.92. The van der Waals surface area contributed by atoms with E-state index < -0.39 is 0 Å². The molecule has 3 aromatic rings. The first-order valence-electron chi connectivity index (χ1n) is 6.20. The van der Waals surface area contributed by atoms with Gasteiger partial charge in [0.2, 0.25) is 0 Å². The van der Waals surface area contributed by atoms with Gasteiger partial charge in [-0.15, -0.1) is 5.10 Å². The Balaban J connectivity index is 2.15. The van der Waals surface area contributed by atoms with Gasteiger partial charge < -0.3 is 0 Å². The molecule has 1 heterocycles. The predicted molar refractivity (Wildman–Crippen MR) is 72.7 cm³/mol. The summed E-state index contributed by atoms with van der Waals surface area (Å²) < 4.78 is 1.85. The Morgan fingerprint density at radius 1 is 0.842 bits per heavy atom. The maximum atomic E-state index is 4.12. The highest BCUT2D eigenvalue weighted by Crippen LogP contribution is 2.25. The van der Waals surface area contributed by atoms with Crippen LogP contribution in [0.2, 0.25) is 0 Å². The molecule has 0 spiro atoms. The van der Waals surface area contributed by atoms with Crippen LogP contribution in [0, 0.1) is 6.92 Å². The van der Waals surface area contributed by atoms with E-state index >= 15 is 0 Å². The molecular formula is C15H14N4. The van der Waals surface area contributed by atoms with Crippen LogP contribution in [0.4, 0.5) is 0 Å². The lowest BCUT2D eigenvalue weighted by atomic mass is 9.99. The predicted octanol–water partition coefficient (Wildman–Crippen LogP) is 2.62. The summed E-state index contributed by atoms with van der Waals surface area (Å²) in [5, 5.41) is 11.9. The van der Waals surface area contributed by atoms with Crippen LogP contribution in [0.3, 0.4) is 0 Å². The van der Waals surface area contributed by atoms with Crippen molar-refractivity contribution in [1.29, 1.82) is 0 Å². The molecular weight excluding hydrogens is 236 g/mol. The highest BCUT2D eigenvalue weighted by atomic mass is 15.5. The van der Waals surface area contributed by atoms with Crippen LogP contribution in [0.25, 0.3) is 0 Å². The summed E-state index contributed by atoms with van der Waals surface area (Å²) in [7, 11) is 0.